The molecular formula is C37H40O6. The van der Waals surface area contributed by atoms with E-state index < -0.39 is 22.9 Å². The van der Waals surface area contributed by atoms with Crippen LogP contribution in [0.4, 0.5) is 0 Å². The van der Waals surface area contributed by atoms with E-state index in [9.17, 15) is 5.11 Å². The van der Waals surface area contributed by atoms with Gasteiger partial charge in [0.05, 0.1) is 39.1 Å². The molecule has 1 heterocycles. The Morgan fingerprint density at radius 1 is 0.767 bits per heavy atom. The van der Waals surface area contributed by atoms with Crippen LogP contribution in [0.15, 0.2) is 115 Å². The molecule has 0 bridgehead atoms. The molecular weight excluding hydrogens is 540 g/mol. The number of hydrogen-bond acceptors (Lipinski definition) is 6. The van der Waals surface area contributed by atoms with E-state index in [0.29, 0.717) is 13.0 Å². The van der Waals surface area contributed by atoms with Crippen molar-refractivity contribution >= 4 is 0 Å². The number of ether oxygens (including phenoxy) is 5. The highest BCUT2D eigenvalue weighted by Crippen LogP contribution is 2.52. The van der Waals surface area contributed by atoms with Gasteiger partial charge in [0.15, 0.2) is 5.79 Å². The summed E-state index contributed by atoms with van der Waals surface area (Å²) in [5, 5.41) is 11.1. The maximum Gasteiger partial charge on any atom is 0.163 e. The summed E-state index contributed by atoms with van der Waals surface area (Å²) in [4.78, 5) is 0. The van der Waals surface area contributed by atoms with Crippen molar-refractivity contribution in [2.45, 2.75) is 56.6 Å². The Kier molecular flexibility index (Phi) is 8.40. The first-order valence-electron chi connectivity index (χ1n) is 14.9. The van der Waals surface area contributed by atoms with Crippen molar-refractivity contribution in [3.8, 4) is 5.75 Å². The molecule has 0 aromatic heterocycles. The normalized spacial score (nSPS) is 24.5. The fourth-order valence-electron chi connectivity index (χ4n) is 6.61. The average Bonchev–Trinajstić information content (AvgIpc) is 3.53. The van der Waals surface area contributed by atoms with E-state index in [2.05, 4.69) is 36.4 Å². The Bertz CT molecular complexity index is 1360. The van der Waals surface area contributed by atoms with E-state index in [4.69, 9.17) is 23.7 Å². The number of fused-ring (bicyclic) bond motifs is 1. The Morgan fingerprint density at radius 2 is 1.30 bits per heavy atom. The lowest BCUT2D eigenvalue weighted by Crippen LogP contribution is -2.45. The van der Waals surface area contributed by atoms with Gasteiger partial charge in [0.2, 0.25) is 0 Å². The molecule has 1 aliphatic heterocycles. The van der Waals surface area contributed by atoms with Gasteiger partial charge in [-0.2, -0.15) is 0 Å². The smallest absolute Gasteiger partial charge is 0.163 e. The van der Waals surface area contributed by atoms with E-state index in [1.807, 2.05) is 92.7 Å². The maximum atomic E-state index is 11.1. The first-order valence-corrected chi connectivity index (χ1v) is 14.9. The highest BCUT2D eigenvalue weighted by Gasteiger charge is 2.62. The van der Waals surface area contributed by atoms with Crippen molar-refractivity contribution in [1.29, 1.82) is 0 Å². The van der Waals surface area contributed by atoms with E-state index in [1.165, 1.54) is 0 Å². The first kappa shape index (κ1) is 29.5. The predicted molar refractivity (Wildman–Crippen MR) is 165 cm³/mol. The zero-order valence-corrected chi connectivity index (χ0v) is 25.0. The maximum absolute atomic E-state index is 11.1. The molecule has 0 unspecified atom stereocenters. The van der Waals surface area contributed by atoms with Crippen LogP contribution < -0.4 is 4.74 Å². The molecule has 4 atom stereocenters. The summed E-state index contributed by atoms with van der Waals surface area (Å²) in [6.07, 6.45) is -0.513. The summed E-state index contributed by atoms with van der Waals surface area (Å²) in [5.41, 5.74) is 2.37. The molecule has 2 aliphatic rings. The van der Waals surface area contributed by atoms with Crippen LogP contribution in [0.5, 0.6) is 5.75 Å². The van der Waals surface area contributed by atoms with Crippen LogP contribution in [0, 0.1) is 5.41 Å². The molecule has 1 N–H and O–H groups in total. The number of rotatable bonds is 11. The fraction of sp³-hybridized carbons (Fsp3) is 0.351. The topological polar surface area (TPSA) is 66.4 Å². The van der Waals surface area contributed by atoms with E-state index in [1.54, 1.807) is 7.11 Å². The molecule has 2 fully saturated rings. The lowest BCUT2D eigenvalue weighted by molar-refractivity contribution is -0.192. The number of methoxy groups -OCH3 is 1. The van der Waals surface area contributed by atoms with Gasteiger partial charge in [0.1, 0.15) is 17.5 Å². The standard InChI is InChI=1S/C37H40O6/c1-35(2)42-33-32(40-24-27-19-21-31(39-3)22-20-27)23-36(25-38,34(33)43-35)26-41-37(28-13-7-4-8-14-28,29-15-9-5-10-16-29)30-17-11-6-12-18-30/h4-22,32-34,38H,23-26H2,1-3H3/t32-,33-,34-,36+/m0/s1. The van der Waals surface area contributed by atoms with Crippen LogP contribution in [0.2, 0.25) is 0 Å². The summed E-state index contributed by atoms with van der Waals surface area (Å²) < 4.78 is 31.9. The Hall–Kier alpha value is -3.52. The van der Waals surface area contributed by atoms with E-state index in [-0.39, 0.29) is 25.4 Å². The number of benzene rings is 4. The SMILES string of the molecule is COc1ccc(CO[C@H]2C[C@@](CO)(COC(c3ccccc3)(c3ccccc3)c3ccccc3)[C@H]3OC(C)(C)O[C@@H]23)cc1. The van der Waals surface area contributed by atoms with Gasteiger partial charge in [-0.25, -0.2) is 0 Å². The van der Waals surface area contributed by atoms with Crippen molar-refractivity contribution in [1.82, 2.24) is 0 Å². The summed E-state index contributed by atoms with van der Waals surface area (Å²) in [6.45, 7) is 4.33. The summed E-state index contributed by atoms with van der Waals surface area (Å²) in [5.74, 6) is -0.0121. The van der Waals surface area contributed by atoms with Gasteiger partial charge in [-0.05, 0) is 54.7 Å². The zero-order valence-electron chi connectivity index (χ0n) is 25.0. The molecule has 0 amide bonds. The van der Waals surface area contributed by atoms with Gasteiger partial charge in [-0.15, -0.1) is 0 Å². The minimum absolute atomic E-state index is 0.134. The van der Waals surface area contributed by atoms with Crippen molar-refractivity contribution in [3.05, 3.63) is 138 Å². The van der Waals surface area contributed by atoms with Gasteiger partial charge >= 0.3 is 0 Å². The third-order valence-corrected chi connectivity index (χ3v) is 8.76. The first-order chi connectivity index (χ1) is 20.9. The van der Waals surface area contributed by atoms with Crippen LogP contribution >= 0.6 is 0 Å². The molecule has 6 nitrogen and oxygen atoms in total. The third-order valence-electron chi connectivity index (χ3n) is 8.76. The van der Waals surface area contributed by atoms with Crippen LogP contribution in [-0.2, 0) is 31.2 Å². The molecule has 6 heteroatoms. The number of hydrogen-bond donors (Lipinski definition) is 1. The third kappa shape index (κ3) is 5.74. The van der Waals surface area contributed by atoms with Gasteiger partial charge in [-0.3, -0.25) is 0 Å². The molecule has 0 radical (unpaired) electrons. The number of aliphatic hydroxyl groups excluding tert-OH is 1. The summed E-state index contributed by atoms with van der Waals surface area (Å²) >= 11 is 0. The molecule has 1 saturated carbocycles. The fourth-order valence-corrected chi connectivity index (χ4v) is 6.61. The minimum Gasteiger partial charge on any atom is -0.497 e. The molecule has 6 rings (SSSR count). The second kappa shape index (κ2) is 12.2. The summed E-state index contributed by atoms with van der Waals surface area (Å²) in [6, 6.07) is 38.7. The van der Waals surface area contributed by atoms with Gasteiger partial charge in [0.25, 0.3) is 0 Å². The van der Waals surface area contributed by atoms with Crippen LogP contribution in [-0.4, -0.2) is 49.5 Å². The molecule has 4 aromatic rings. The predicted octanol–water partition coefficient (Wildman–Crippen LogP) is 6.49. The lowest BCUT2D eigenvalue weighted by Gasteiger charge is -2.41. The largest absolute Gasteiger partial charge is 0.497 e. The molecule has 1 aliphatic carbocycles. The summed E-state index contributed by atoms with van der Waals surface area (Å²) in [7, 11) is 1.65. The van der Waals surface area contributed by atoms with Gasteiger partial charge < -0.3 is 28.8 Å². The van der Waals surface area contributed by atoms with Crippen LogP contribution in [0.3, 0.4) is 0 Å². The van der Waals surface area contributed by atoms with Crippen LogP contribution in [0.25, 0.3) is 0 Å². The Labute approximate surface area is 254 Å². The van der Waals surface area contributed by atoms with Crippen molar-refractivity contribution in [2.24, 2.45) is 5.41 Å². The van der Waals surface area contributed by atoms with Crippen LogP contribution in [0.1, 0.15) is 42.5 Å². The van der Waals surface area contributed by atoms with Gasteiger partial charge in [-0.1, -0.05) is 103 Å². The van der Waals surface area contributed by atoms with Crippen molar-refractivity contribution in [3.63, 3.8) is 0 Å². The molecule has 224 valence electrons. The second-order valence-corrected chi connectivity index (χ2v) is 12.0. The molecule has 1 saturated heterocycles. The van der Waals surface area contributed by atoms with Crippen molar-refractivity contribution in [2.75, 3.05) is 20.3 Å². The van der Waals surface area contributed by atoms with E-state index in [0.717, 1.165) is 28.0 Å². The number of aliphatic hydroxyl groups is 1. The molecule has 43 heavy (non-hydrogen) atoms. The quantitative estimate of drug-likeness (QED) is 0.205. The second-order valence-electron chi connectivity index (χ2n) is 12.0. The monoisotopic (exact) mass is 580 g/mol. The Balaban J connectivity index is 1.35. The molecule has 4 aromatic carbocycles. The molecule has 0 spiro atoms. The average molecular weight is 581 g/mol. The lowest BCUT2D eigenvalue weighted by atomic mass is 9.79. The van der Waals surface area contributed by atoms with Crippen molar-refractivity contribution < 1.29 is 28.8 Å². The highest BCUT2D eigenvalue weighted by molar-refractivity contribution is 5.47. The van der Waals surface area contributed by atoms with E-state index >= 15 is 0 Å². The zero-order chi connectivity index (χ0) is 29.9. The van der Waals surface area contributed by atoms with Gasteiger partial charge in [0, 0.05) is 5.41 Å². The Morgan fingerprint density at radius 3 is 1.79 bits per heavy atom. The highest BCUT2D eigenvalue weighted by atomic mass is 16.8. The minimum atomic E-state index is -0.918.